The number of sulfonamides is 1. The predicted molar refractivity (Wildman–Crippen MR) is 190 cm³/mol. The van der Waals surface area contributed by atoms with Gasteiger partial charge in [-0.05, 0) is 59.7 Å². The minimum absolute atomic E-state index is 0.00473. The summed E-state index contributed by atoms with van der Waals surface area (Å²) in [6.07, 6.45) is -0.348. The second kappa shape index (κ2) is 14.6. The molecule has 6 rings (SSSR count). The maximum atomic E-state index is 14.6. The van der Waals surface area contributed by atoms with Gasteiger partial charge in [0.1, 0.15) is 34.5 Å². The lowest BCUT2D eigenvalue weighted by atomic mass is 9.96. The van der Waals surface area contributed by atoms with Gasteiger partial charge in [0.15, 0.2) is 0 Å². The van der Waals surface area contributed by atoms with Crippen LogP contribution in [0.3, 0.4) is 0 Å². The van der Waals surface area contributed by atoms with E-state index in [1.165, 1.54) is 47.4 Å². The summed E-state index contributed by atoms with van der Waals surface area (Å²) in [5.74, 6) is -2.18. The minimum Gasteiger partial charge on any atom is -0.497 e. The lowest BCUT2D eigenvalue weighted by molar-refractivity contribution is 0.194. The first-order valence-corrected chi connectivity index (χ1v) is 17.8. The average Bonchev–Trinajstić information content (AvgIpc) is 3.52. The largest absolute Gasteiger partial charge is 0.497 e. The summed E-state index contributed by atoms with van der Waals surface area (Å²) in [6.45, 7) is -0.613. The summed E-state index contributed by atoms with van der Waals surface area (Å²) in [5.41, 5.74) is 0.814. The Kier molecular flexibility index (Phi) is 10.2. The van der Waals surface area contributed by atoms with Gasteiger partial charge >= 0.3 is 6.09 Å². The molecule has 270 valence electrons. The lowest BCUT2D eigenvalue weighted by Crippen LogP contribution is -2.33. The molecule has 4 aromatic carbocycles. The molecule has 1 atom stereocenters. The third-order valence-corrected chi connectivity index (χ3v) is 9.94. The van der Waals surface area contributed by atoms with Crippen LogP contribution in [0, 0.1) is 11.6 Å². The summed E-state index contributed by atoms with van der Waals surface area (Å²) in [4.78, 5) is 30.9. The van der Waals surface area contributed by atoms with E-state index in [2.05, 4.69) is 15.5 Å². The number of nitrogens with one attached hydrogen (secondary N) is 2. The van der Waals surface area contributed by atoms with Crippen LogP contribution >= 0.6 is 11.6 Å². The van der Waals surface area contributed by atoms with Crippen molar-refractivity contribution in [3.63, 3.8) is 0 Å². The molecule has 0 unspecified atom stereocenters. The molecule has 6 aromatic rings. The number of hydrogen-bond donors (Lipinski definition) is 3. The highest BCUT2D eigenvalue weighted by atomic mass is 35.5. The Balaban J connectivity index is 1.56. The zero-order valence-electron chi connectivity index (χ0n) is 27.9. The highest BCUT2D eigenvalue weighted by Crippen LogP contribution is 2.34. The molecule has 0 bridgehead atoms. The Labute approximate surface area is 300 Å². The molecule has 0 saturated heterocycles. The van der Waals surface area contributed by atoms with Gasteiger partial charge in [-0.1, -0.05) is 23.7 Å². The SMILES string of the molecule is COc1ccc(CN(Cc2[nH]nc3c(-n4c([C@@H](CNC(=O)O)c5cc(F)cc(F)c5)nc5cc(OC)ccc5c4=O)ccc(Cl)c23)S(C)(=O)=O)cc1. The fourth-order valence-corrected chi connectivity index (χ4v) is 6.95. The Morgan fingerprint density at radius 3 is 2.31 bits per heavy atom. The van der Waals surface area contributed by atoms with Crippen LogP contribution < -0.4 is 20.3 Å². The number of rotatable bonds is 12. The van der Waals surface area contributed by atoms with Gasteiger partial charge in [0.25, 0.3) is 5.56 Å². The van der Waals surface area contributed by atoms with Crippen molar-refractivity contribution in [3.05, 3.63) is 122 Å². The number of nitrogens with zero attached hydrogens (tertiary/aromatic N) is 4. The average molecular weight is 753 g/mol. The molecule has 3 N–H and O–H groups in total. The van der Waals surface area contributed by atoms with Gasteiger partial charge in [0.05, 0.1) is 60.2 Å². The maximum absolute atomic E-state index is 14.6. The van der Waals surface area contributed by atoms with E-state index in [4.69, 9.17) is 26.1 Å². The highest BCUT2D eigenvalue weighted by Gasteiger charge is 2.28. The first-order chi connectivity index (χ1) is 24.8. The van der Waals surface area contributed by atoms with Crippen molar-refractivity contribution in [2.45, 2.75) is 19.0 Å². The number of aromatic nitrogens is 4. The number of carboxylic acid groups (broad SMARTS) is 1. The first kappa shape index (κ1) is 36.2. The van der Waals surface area contributed by atoms with Gasteiger partial charge in [0, 0.05) is 30.6 Å². The van der Waals surface area contributed by atoms with Crippen molar-refractivity contribution in [1.82, 2.24) is 29.4 Å². The van der Waals surface area contributed by atoms with E-state index in [1.54, 1.807) is 30.3 Å². The molecule has 52 heavy (non-hydrogen) atoms. The maximum Gasteiger partial charge on any atom is 0.404 e. The molecule has 0 aliphatic rings. The van der Waals surface area contributed by atoms with Gasteiger partial charge in [0.2, 0.25) is 10.0 Å². The zero-order chi connectivity index (χ0) is 37.3. The van der Waals surface area contributed by atoms with E-state index in [1.807, 2.05) is 0 Å². The Hall–Kier alpha value is -5.58. The molecule has 13 nitrogen and oxygen atoms in total. The Morgan fingerprint density at radius 1 is 1.00 bits per heavy atom. The summed E-state index contributed by atoms with van der Waals surface area (Å²) < 4.78 is 68.1. The number of methoxy groups -OCH3 is 2. The van der Waals surface area contributed by atoms with E-state index < -0.39 is 45.8 Å². The Bertz CT molecular complexity index is 2470. The molecule has 0 radical (unpaired) electrons. The third-order valence-electron chi connectivity index (χ3n) is 8.43. The number of halogens is 3. The molecule has 0 saturated carbocycles. The van der Waals surface area contributed by atoms with Crippen LogP contribution in [0.2, 0.25) is 5.02 Å². The summed E-state index contributed by atoms with van der Waals surface area (Å²) in [6, 6.07) is 17.2. The Morgan fingerprint density at radius 2 is 1.67 bits per heavy atom. The quantitative estimate of drug-likeness (QED) is 0.145. The van der Waals surface area contributed by atoms with E-state index in [9.17, 15) is 31.9 Å². The normalized spacial score (nSPS) is 12.4. The molecule has 2 aromatic heterocycles. The van der Waals surface area contributed by atoms with Gasteiger partial charge in [-0.15, -0.1) is 0 Å². The fraction of sp³-hybridized carbons (Fsp3) is 0.200. The van der Waals surface area contributed by atoms with Gasteiger partial charge in [-0.2, -0.15) is 9.40 Å². The van der Waals surface area contributed by atoms with Crippen LogP contribution in [0.5, 0.6) is 11.5 Å². The van der Waals surface area contributed by atoms with Crippen molar-refractivity contribution < 1.29 is 36.6 Å². The number of amides is 1. The number of aromatic amines is 1. The number of benzene rings is 4. The molecule has 0 fully saturated rings. The standard InChI is InChI=1S/C35H31ClF2N6O7S/c1-50-23-6-4-19(5-7-23)17-43(52(3,48)49)18-29-31-27(36)10-11-30(32(31)42-41-29)44-33(40-28-15-24(51-2)8-9-25(28)34(44)45)26(16-39-35(46)47)20-12-21(37)14-22(38)13-20/h4-15,26,39H,16-18H2,1-3H3,(H,41,42)(H,46,47)/t26-/m0/s1. The number of ether oxygens (including phenoxy) is 2. The summed E-state index contributed by atoms with van der Waals surface area (Å²) in [7, 11) is -0.831. The van der Waals surface area contributed by atoms with Crippen LogP contribution in [0.25, 0.3) is 27.5 Å². The van der Waals surface area contributed by atoms with Gasteiger partial charge in [-0.3, -0.25) is 14.5 Å². The second-order valence-corrected chi connectivity index (χ2v) is 14.2. The number of fused-ring (bicyclic) bond motifs is 2. The van der Waals surface area contributed by atoms with Crippen LogP contribution in [0.15, 0.2) is 77.6 Å². The summed E-state index contributed by atoms with van der Waals surface area (Å²) >= 11 is 6.72. The molecule has 17 heteroatoms. The molecule has 1 amide bonds. The minimum atomic E-state index is -3.78. The van der Waals surface area contributed by atoms with Crippen molar-refractivity contribution in [2.75, 3.05) is 27.0 Å². The van der Waals surface area contributed by atoms with E-state index in [-0.39, 0.29) is 51.6 Å². The number of carbonyl (C=O) groups is 1. The van der Waals surface area contributed by atoms with E-state index in [0.29, 0.717) is 34.2 Å². The van der Waals surface area contributed by atoms with Crippen molar-refractivity contribution >= 4 is 49.5 Å². The van der Waals surface area contributed by atoms with Crippen molar-refractivity contribution in [1.29, 1.82) is 0 Å². The first-order valence-electron chi connectivity index (χ1n) is 15.5. The molecule has 0 spiro atoms. The predicted octanol–water partition coefficient (Wildman–Crippen LogP) is 5.57. The second-order valence-electron chi connectivity index (χ2n) is 11.8. The molecular formula is C35H31ClF2N6O7S. The summed E-state index contributed by atoms with van der Waals surface area (Å²) in [5, 5.41) is 19.7. The van der Waals surface area contributed by atoms with Crippen molar-refractivity contribution in [2.24, 2.45) is 0 Å². The van der Waals surface area contributed by atoms with E-state index >= 15 is 0 Å². The molecule has 0 aliphatic heterocycles. The van der Waals surface area contributed by atoms with Crippen molar-refractivity contribution in [3.8, 4) is 17.2 Å². The lowest BCUT2D eigenvalue weighted by Gasteiger charge is -2.23. The zero-order valence-corrected chi connectivity index (χ0v) is 29.4. The van der Waals surface area contributed by atoms with Crippen LogP contribution in [-0.2, 0) is 23.1 Å². The highest BCUT2D eigenvalue weighted by molar-refractivity contribution is 7.88. The fourth-order valence-electron chi connectivity index (χ4n) is 5.93. The van der Waals surface area contributed by atoms with Gasteiger partial charge in [-0.25, -0.2) is 27.0 Å². The number of hydrogen-bond acceptors (Lipinski definition) is 8. The van der Waals surface area contributed by atoms with Crippen LogP contribution in [0.1, 0.15) is 28.6 Å². The van der Waals surface area contributed by atoms with Gasteiger partial charge < -0.3 is 19.9 Å². The smallest absolute Gasteiger partial charge is 0.404 e. The van der Waals surface area contributed by atoms with Crippen LogP contribution in [-0.4, -0.2) is 70.7 Å². The monoisotopic (exact) mass is 752 g/mol. The number of H-pyrrole nitrogens is 1. The van der Waals surface area contributed by atoms with Crippen LogP contribution in [0.4, 0.5) is 13.6 Å². The third kappa shape index (κ3) is 7.39. The topological polar surface area (TPSA) is 169 Å². The molecular weight excluding hydrogens is 722 g/mol. The van der Waals surface area contributed by atoms with E-state index in [0.717, 1.165) is 18.4 Å². The molecule has 0 aliphatic carbocycles. The molecule has 2 heterocycles.